The summed E-state index contributed by atoms with van der Waals surface area (Å²) < 4.78 is 19.8. The van der Waals surface area contributed by atoms with Crippen molar-refractivity contribution in [2.45, 2.75) is 50.6 Å². The molecule has 0 heterocycles. The second-order valence-electron chi connectivity index (χ2n) is 4.62. The number of alkyl halides is 1. The van der Waals surface area contributed by atoms with Gasteiger partial charge in [-0.15, -0.1) is 0 Å². The Morgan fingerprint density at radius 3 is 2.94 bits per heavy atom. The number of halogens is 1. The highest BCUT2D eigenvalue weighted by molar-refractivity contribution is 5.18. The molecular formula is C13H24FNO. The van der Waals surface area contributed by atoms with Gasteiger partial charge in [-0.3, -0.25) is 0 Å². The third-order valence-electron chi connectivity index (χ3n) is 3.27. The van der Waals surface area contributed by atoms with Crippen LogP contribution in [0.25, 0.3) is 0 Å². The second-order valence-corrected chi connectivity index (χ2v) is 4.62. The third kappa shape index (κ3) is 3.87. The second kappa shape index (κ2) is 7.02. The Balaban J connectivity index is 2.68. The van der Waals surface area contributed by atoms with Crippen LogP contribution >= 0.6 is 0 Å². The molecule has 0 spiro atoms. The Morgan fingerprint density at radius 2 is 2.25 bits per heavy atom. The molecule has 0 bridgehead atoms. The SMILES string of the molecule is COCC(F)(CCCN)C1=CCCCCC1. The van der Waals surface area contributed by atoms with E-state index in [0.717, 1.165) is 31.3 Å². The number of hydrogen-bond donors (Lipinski definition) is 1. The lowest BCUT2D eigenvalue weighted by atomic mass is 9.88. The molecule has 1 aliphatic carbocycles. The van der Waals surface area contributed by atoms with Crippen LogP contribution in [-0.2, 0) is 4.74 Å². The Hall–Kier alpha value is -0.410. The predicted octanol–water partition coefficient (Wildman–Crippen LogP) is 2.97. The molecule has 2 N–H and O–H groups in total. The first-order valence-electron chi connectivity index (χ1n) is 6.30. The van der Waals surface area contributed by atoms with Gasteiger partial charge in [0.15, 0.2) is 5.67 Å². The summed E-state index contributed by atoms with van der Waals surface area (Å²) in [5.74, 6) is 0. The molecule has 0 saturated carbocycles. The van der Waals surface area contributed by atoms with Gasteiger partial charge in [-0.05, 0) is 50.6 Å². The quantitative estimate of drug-likeness (QED) is 0.711. The van der Waals surface area contributed by atoms with E-state index < -0.39 is 5.67 Å². The Morgan fingerprint density at radius 1 is 1.44 bits per heavy atom. The fourth-order valence-corrected chi connectivity index (χ4v) is 2.36. The Labute approximate surface area is 98.0 Å². The molecule has 2 nitrogen and oxygen atoms in total. The van der Waals surface area contributed by atoms with Crippen LogP contribution in [0.3, 0.4) is 0 Å². The molecule has 0 fully saturated rings. The van der Waals surface area contributed by atoms with Gasteiger partial charge >= 0.3 is 0 Å². The van der Waals surface area contributed by atoms with Crippen LogP contribution in [0.5, 0.6) is 0 Å². The number of ether oxygens (including phenoxy) is 1. The highest BCUT2D eigenvalue weighted by Gasteiger charge is 2.33. The van der Waals surface area contributed by atoms with Gasteiger partial charge < -0.3 is 10.5 Å². The maximum Gasteiger partial charge on any atom is 0.155 e. The highest BCUT2D eigenvalue weighted by Crippen LogP contribution is 2.33. The highest BCUT2D eigenvalue weighted by atomic mass is 19.1. The van der Waals surface area contributed by atoms with E-state index in [4.69, 9.17) is 10.5 Å². The summed E-state index contributed by atoms with van der Waals surface area (Å²) in [7, 11) is 1.56. The van der Waals surface area contributed by atoms with Crippen molar-refractivity contribution in [3.05, 3.63) is 11.6 Å². The van der Waals surface area contributed by atoms with E-state index in [0.29, 0.717) is 13.0 Å². The van der Waals surface area contributed by atoms with Crippen LogP contribution < -0.4 is 5.73 Å². The fraction of sp³-hybridized carbons (Fsp3) is 0.846. The van der Waals surface area contributed by atoms with Gasteiger partial charge in [-0.1, -0.05) is 12.5 Å². The van der Waals surface area contributed by atoms with E-state index in [1.165, 1.54) is 12.8 Å². The molecule has 0 aliphatic heterocycles. The Kier molecular flexibility index (Phi) is 5.99. The van der Waals surface area contributed by atoms with Crippen molar-refractivity contribution >= 4 is 0 Å². The molecule has 1 unspecified atom stereocenters. The summed E-state index contributed by atoms with van der Waals surface area (Å²) in [6.45, 7) is 0.710. The molecule has 94 valence electrons. The molecule has 0 saturated heterocycles. The van der Waals surface area contributed by atoms with E-state index in [-0.39, 0.29) is 6.61 Å². The molecule has 0 aromatic rings. The number of allylic oxidation sites excluding steroid dienone is 1. The van der Waals surface area contributed by atoms with Crippen LogP contribution in [-0.4, -0.2) is 25.9 Å². The average molecular weight is 229 g/mol. The average Bonchev–Trinajstić information content (AvgIpc) is 2.55. The van der Waals surface area contributed by atoms with Gasteiger partial charge in [0.25, 0.3) is 0 Å². The smallest absolute Gasteiger partial charge is 0.155 e. The zero-order chi connectivity index (χ0) is 11.9. The summed E-state index contributed by atoms with van der Waals surface area (Å²) in [6, 6.07) is 0. The monoisotopic (exact) mass is 229 g/mol. The molecule has 1 atom stereocenters. The Bertz CT molecular complexity index is 230. The third-order valence-corrected chi connectivity index (χ3v) is 3.27. The zero-order valence-corrected chi connectivity index (χ0v) is 10.3. The summed E-state index contributed by atoms with van der Waals surface area (Å²) in [5, 5.41) is 0. The topological polar surface area (TPSA) is 35.2 Å². The lowest BCUT2D eigenvalue weighted by Gasteiger charge is -2.27. The van der Waals surface area contributed by atoms with Gasteiger partial charge in [-0.25, -0.2) is 4.39 Å². The minimum Gasteiger partial charge on any atom is -0.381 e. The van der Waals surface area contributed by atoms with Crippen LogP contribution in [0, 0.1) is 0 Å². The summed E-state index contributed by atoms with van der Waals surface area (Å²) in [4.78, 5) is 0. The van der Waals surface area contributed by atoms with Crippen LogP contribution in [0.4, 0.5) is 4.39 Å². The molecule has 3 heteroatoms. The minimum atomic E-state index is -1.28. The van der Waals surface area contributed by atoms with Gasteiger partial charge in [0.2, 0.25) is 0 Å². The van der Waals surface area contributed by atoms with Crippen molar-refractivity contribution in [1.82, 2.24) is 0 Å². The van der Waals surface area contributed by atoms with Crippen molar-refractivity contribution in [3.8, 4) is 0 Å². The van der Waals surface area contributed by atoms with E-state index in [1.807, 2.05) is 0 Å². The van der Waals surface area contributed by atoms with Crippen molar-refractivity contribution in [2.75, 3.05) is 20.3 Å². The maximum absolute atomic E-state index is 14.8. The van der Waals surface area contributed by atoms with E-state index >= 15 is 0 Å². The molecule has 0 aromatic carbocycles. The lowest BCUT2D eigenvalue weighted by Crippen LogP contribution is -2.32. The molecule has 16 heavy (non-hydrogen) atoms. The van der Waals surface area contributed by atoms with Crippen molar-refractivity contribution in [3.63, 3.8) is 0 Å². The van der Waals surface area contributed by atoms with Gasteiger partial charge in [-0.2, -0.15) is 0 Å². The van der Waals surface area contributed by atoms with Crippen LogP contribution in [0.15, 0.2) is 11.6 Å². The first-order valence-corrected chi connectivity index (χ1v) is 6.30. The maximum atomic E-state index is 14.8. The molecule has 0 amide bonds. The van der Waals surface area contributed by atoms with E-state index in [9.17, 15) is 4.39 Å². The molecule has 0 radical (unpaired) electrons. The van der Waals surface area contributed by atoms with Gasteiger partial charge in [0, 0.05) is 7.11 Å². The number of rotatable bonds is 6. The van der Waals surface area contributed by atoms with Crippen LogP contribution in [0.2, 0.25) is 0 Å². The van der Waals surface area contributed by atoms with Crippen molar-refractivity contribution in [1.29, 1.82) is 0 Å². The number of methoxy groups -OCH3 is 1. The number of nitrogens with two attached hydrogens (primary N) is 1. The van der Waals surface area contributed by atoms with Crippen molar-refractivity contribution in [2.24, 2.45) is 5.73 Å². The molecule has 1 rings (SSSR count). The first kappa shape index (κ1) is 13.7. The van der Waals surface area contributed by atoms with Gasteiger partial charge in [0.05, 0.1) is 6.61 Å². The largest absolute Gasteiger partial charge is 0.381 e. The minimum absolute atomic E-state index is 0.166. The van der Waals surface area contributed by atoms with Crippen molar-refractivity contribution < 1.29 is 9.13 Å². The fourth-order valence-electron chi connectivity index (χ4n) is 2.36. The zero-order valence-electron chi connectivity index (χ0n) is 10.3. The first-order chi connectivity index (χ1) is 7.73. The number of hydrogen-bond acceptors (Lipinski definition) is 2. The molecular weight excluding hydrogens is 205 g/mol. The van der Waals surface area contributed by atoms with E-state index in [2.05, 4.69) is 6.08 Å². The summed E-state index contributed by atoms with van der Waals surface area (Å²) in [6.07, 6.45) is 8.67. The standard InChI is InChI=1S/C13H24FNO/c1-16-11-13(14,9-6-10-15)12-7-4-2-3-5-8-12/h7H,2-6,8-11,15H2,1H3. The normalized spacial score (nSPS) is 21.1. The summed E-state index contributed by atoms with van der Waals surface area (Å²) >= 11 is 0. The van der Waals surface area contributed by atoms with Gasteiger partial charge in [0.1, 0.15) is 0 Å². The van der Waals surface area contributed by atoms with E-state index in [1.54, 1.807) is 7.11 Å². The molecule has 0 aromatic heterocycles. The molecule has 1 aliphatic rings. The lowest BCUT2D eigenvalue weighted by molar-refractivity contribution is 0.0574. The van der Waals surface area contributed by atoms with Crippen LogP contribution in [0.1, 0.15) is 44.9 Å². The summed E-state index contributed by atoms with van der Waals surface area (Å²) in [5.41, 5.74) is 5.13. The predicted molar refractivity (Wildman–Crippen MR) is 65.2 cm³/mol.